The lowest BCUT2D eigenvalue weighted by molar-refractivity contribution is 0.100. The largest absolute Gasteiger partial charge is 0.396 e. The Hall–Kier alpha value is -3.90. The maximum Gasteiger partial charge on any atom is 0.249 e. The summed E-state index contributed by atoms with van der Waals surface area (Å²) in [5, 5.41) is 10.3. The Balaban J connectivity index is 1.97. The topological polar surface area (TPSA) is 68.2 Å². The molecule has 1 amide bonds. The van der Waals surface area contributed by atoms with Crippen LogP contribution in [0.15, 0.2) is 97.1 Å². The molecule has 1 aromatic heterocycles. The predicted molar refractivity (Wildman–Crippen MR) is 151 cm³/mol. The zero-order valence-electron chi connectivity index (χ0n) is 20.2. The minimum atomic E-state index is -0.568. The van der Waals surface area contributed by atoms with E-state index in [4.69, 9.17) is 28.9 Å². The standard InChI is InChI=1S/C31H23Cl2FN2O2/c32-22-12-10-20(14-15-37)28(17-22)36-29(19-6-2-1-3-7-19)18-25(23-8-4-5-9-24(23)31(35)38)30(36)21-11-13-27(34)26(33)16-21/h1-13,16-18,37H,14-15H2,(H2,35,38). The van der Waals surface area contributed by atoms with E-state index in [2.05, 4.69) is 0 Å². The molecule has 0 unspecified atom stereocenters. The van der Waals surface area contributed by atoms with Gasteiger partial charge in [-0.2, -0.15) is 0 Å². The van der Waals surface area contributed by atoms with Crippen molar-refractivity contribution >= 4 is 29.1 Å². The highest BCUT2D eigenvalue weighted by Gasteiger charge is 2.25. The number of carbonyl (C=O) groups is 1. The number of rotatable bonds is 7. The first-order chi connectivity index (χ1) is 18.4. The lowest BCUT2D eigenvalue weighted by atomic mass is 9.96. The van der Waals surface area contributed by atoms with Crippen molar-refractivity contribution in [2.45, 2.75) is 6.42 Å². The van der Waals surface area contributed by atoms with Gasteiger partial charge in [-0.25, -0.2) is 4.39 Å². The second kappa shape index (κ2) is 10.8. The molecule has 0 aliphatic carbocycles. The number of hydrogen-bond donors (Lipinski definition) is 2. The number of carbonyl (C=O) groups excluding carboxylic acids is 1. The van der Waals surface area contributed by atoms with Crippen LogP contribution in [0.2, 0.25) is 10.0 Å². The van der Waals surface area contributed by atoms with Crippen LogP contribution in [0, 0.1) is 5.82 Å². The zero-order valence-corrected chi connectivity index (χ0v) is 21.7. The van der Waals surface area contributed by atoms with Gasteiger partial charge in [-0.3, -0.25) is 4.79 Å². The molecule has 4 aromatic carbocycles. The van der Waals surface area contributed by atoms with E-state index < -0.39 is 11.7 Å². The predicted octanol–water partition coefficient (Wildman–Crippen LogP) is 7.56. The van der Waals surface area contributed by atoms with Gasteiger partial charge in [-0.1, -0.05) is 77.8 Å². The lowest BCUT2D eigenvalue weighted by Gasteiger charge is -2.19. The van der Waals surface area contributed by atoms with E-state index in [0.717, 1.165) is 22.5 Å². The number of nitrogens with zero attached hydrogens (tertiary/aromatic N) is 1. The quantitative estimate of drug-likeness (QED) is 0.222. The molecule has 0 atom stereocenters. The van der Waals surface area contributed by atoms with E-state index >= 15 is 0 Å². The van der Waals surface area contributed by atoms with Crippen molar-refractivity contribution in [3.8, 4) is 39.3 Å². The SMILES string of the molecule is NC(=O)c1ccccc1-c1cc(-c2ccccc2)n(-c2cc(Cl)ccc2CCO)c1-c1ccc(F)c(Cl)c1. The second-order valence-corrected chi connectivity index (χ2v) is 9.62. The number of benzene rings is 4. The molecule has 3 N–H and O–H groups in total. The fourth-order valence-corrected chi connectivity index (χ4v) is 5.07. The molecule has 5 aromatic rings. The molecule has 0 aliphatic heterocycles. The van der Waals surface area contributed by atoms with Crippen LogP contribution in [0.4, 0.5) is 4.39 Å². The summed E-state index contributed by atoms with van der Waals surface area (Å²) in [6.07, 6.45) is 0.385. The van der Waals surface area contributed by atoms with Crippen molar-refractivity contribution in [3.05, 3.63) is 124 Å². The average Bonchev–Trinajstić information content (AvgIpc) is 3.32. The van der Waals surface area contributed by atoms with E-state index in [1.807, 2.05) is 65.2 Å². The van der Waals surface area contributed by atoms with Gasteiger partial charge in [0.15, 0.2) is 0 Å². The van der Waals surface area contributed by atoms with Crippen molar-refractivity contribution in [2.75, 3.05) is 6.61 Å². The van der Waals surface area contributed by atoms with Gasteiger partial charge >= 0.3 is 0 Å². The van der Waals surface area contributed by atoms with Gasteiger partial charge in [0.25, 0.3) is 0 Å². The maximum atomic E-state index is 14.3. The molecule has 0 spiro atoms. The highest BCUT2D eigenvalue weighted by Crippen LogP contribution is 2.43. The summed E-state index contributed by atoms with van der Waals surface area (Å²) in [4.78, 5) is 12.5. The first-order valence-corrected chi connectivity index (χ1v) is 12.7. The van der Waals surface area contributed by atoms with Crippen LogP contribution in [0.25, 0.3) is 39.3 Å². The van der Waals surface area contributed by atoms with Crippen molar-refractivity contribution in [2.24, 2.45) is 5.73 Å². The Kier molecular flexibility index (Phi) is 7.34. The van der Waals surface area contributed by atoms with E-state index in [1.165, 1.54) is 6.07 Å². The number of aliphatic hydroxyl groups is 1. The second-order valence-electron chi connectivity index (χ2n) is 8.78. The number of halogens is 3. The lowest BCUT2D eigenvalue weighted by Crippen LogP contribution is -2.12. The van der Waals surface area contributed by atoms with Crippen molar-refractivity contribution in [3.63, 3.8) is 0 Å². The molecular formula is C31H23Cl2FN2O2. The molecule has 190 valence electrons. The molecule has 4 nitrogen and oxygen atoms in total. The molecule has 1 heterocycles. The highest BCUT2D eigenvalue weighted by atomic mass is 35.5. The smallest absolute Gasteiger partial charge is 0.249 e. The third kappa shape index (κ3) is 4.84. The minimum absolute atomic E-state index is 0.0349. The van der Waals surface area contributed by atoms with E-state index in [9.17, 15) is 14.3 Å². The van der Waals surface area contributed by atoms with Crippen molar-refractivity contribution in [1.82, 2.24) is 4.57 Å². The van der Waals surface area contributed by atoms with Crippen LogP contribution >= 0.6 is 23.2 Å². The number of amides is 1. The molecule has 0 bridgehead atoms. The van der Waals surface area contributed by atoms with Crippen molar-refractivity contribution in [1.29, 1.82) is 0 Å². The van der Waals surface area contributed by atoms with Crippen LogP contribution in [-0.2, 0) is 6.42 Å². The summed E-state index contributed by atoms with van der Waals surface area (Å²) in [5.41, 5.74) is 12.0. The molecule has 5 rings (SSSR count). The van der Waals surface area contributed by atoms with Gasteiger partial charge in [-0.05, 0) is 65.6 Å². The van der Waals surface area contributed by atoms with Gasteiger partial charge in [0.05, 0.1) is 22.1 Å². The Morgan fingerprint density at radius 2 is 1.58 bits per heavy atom. The number of nitrogens with two attached hydrogens (primary N) is 1. The van der Waals surface area contributed by atoms with Gasteiger partial charge in [0.2, 0.25) is 5.91 Å². The molecule has 0 radical (unpaired) electrons. The monoisotopic (exact) mass is 544 g/mol. The fourth-order valence-electron chi connectivity index (χ4n) is 4.73. The van der Waals surface area contributed by atoms with Crippen LogP contribution in [0.5, 0.6) is 0 Å². The van der Waals surface area contributed by atoms with Gasteiger partial charge in [0, 0.05) is 28.3 Å². The Labute approximate surface area is 229 Å². The summed E-state index contributed by atoms with van der Waals surface area (Å²) in [5.74, 6) is -1.11. The molecule has 0 fully saturated rings. The summed E-state index contributed by atoms with van der Waals surface area (Å²) in [6.45, 7) is -0.0638. The number of hydrogen-bond acceptors (Lipinski definition) is 2. The van der Waals surface area contributed by atoms with Crippen LogP contribution in [0.1, 0.15) is 15.9 Å². The molecule has 38 heavy (non-hydrogen) atoms. The number of aromatic nitrogens is 1. The summed E-state index contributed by atoms with van der Waals surface area (Å²) < 4.78 is 16.3. The summed E-state index contributed by atoms with van der Waals surface area (Å²) >= 11 is 12.8. The summed E-state index contributed by atoms with van der Waals surface area (Å²) in [7, 11) is 0. The van der Waals surface area contributed by atoms with Gasteiger partial charge in [0.1, 0.15) is 5.82 Å². The van der Waals surface area contributed by atoms with E-state index in [1.54, 1.807) is 30.3 Å². The number of aliphatic hydroxyl groups excluding tert-OH is 1. The zero-order chi connectivity index (χ0) is 26.8. The normalized spacial score (nSPS) is 11.1. The van der Waals surface area contributed by atoms with E-state index in [0.29, 0.717) is 39.4 Å². The van der Waals surface area contributed by atoms with Crippen LogP contribution < -0.4 is 5.73 Å². The molecular weight excluding hydrogens is 522 g/mol. The first kappa shape index (κ1) is 25.7. The van der Waals surface area contributed by atoms with Gasteiger partial charge < -0.3 is 15.4 Å². The Morgan fingerprint density at radius 3 is 2.29 bits per heavy atom. The summed E-state index contributed by atoms with van der Waals surface area (Å²) in [6, 6.07) is 28.8. The first-order valence-electron chi connectivity index (χ1n) is 11.9. The molecule has 0 saturated heterocycles. The number of primary amides is 1. The van der Waals surface area contributed by atoms with Crippen molar-refractivity contribution < 1.29 is 14.3 Å². The molecule has 7 heteroatoms. The minimum Gasteiger partial charge on any atom is -0.396 e. The molecule has 0 saturated carbocycles. The highest BCUT2D eigenvalue weighted by molar-refractivity contribution is 6.31. The van der Waals surface area contributed by atoms with Crippen LogP contribution in [0.3, 0.4) is 0 Å². The maximum absolute atomic E-state index is 14.3. The fraction of sp³-hybridized carbons (Fsp3) is 0.0645. The average molecular weight is 545 g/mol. The Bertz CT molecular complexity index is 1650. The van der Waals surface area contributed by atoms with E-state index in [-0.39, 0.29) is 11.6 Å². The van der Waals surface area contributed by atoms with Gasteiger partial charge in [-0.15, -0.1) is 0 Å². The van der Waals surface area contributed by atoms with Crippen LogP contribution in [-0.4, -0.2) is 22.2 Å². The third-order valence-electron chi connectivity index (χ3n) is 6.42. The molecule has 0 aliphatic rings. The Morgan fingerprint density at radius 1 is 0.842 bits per heavy atom. The third-order valence-corrected chi connectivity index (χ3v) is 6.94.